The van der Waals surface area contributed by atoms with E-state index < -0.39 is 0 Å². The summed E-state index contributed by atoms with van der Waals surface area (Å²) in [7, 11) is 0. The Morgan fingerprint density at radius 1 is 1.03 bits per heavy atom. The van der Waals surface area contributed by atoms with Gasteiger partial charge in [-0.15, -0.1) is 11.3 Å². The number of carbonyl (C=O) groups excluding carboxylic acids is 2. The summed E-state index contributed by atoms with van der Waals surface area (Å²) in [5.41, 5.74) is 4.04. The molecule has 1 atom stereocenters. The lowest BCUT2D eigenvalue weighted by atomic mass is 9.88. The summed E-state index contributed by atoms with van der Waals surface area (Å²) in [5.74, 6) is 0.408. The molecule has 3 heterocycles. The van der Waals surface area contributed by atoms with E-state index in [2.05, 4.69) is 10.3 Å². The molecule has 2 aromatic heterocycles. The molecule has 1 N–H and O–H groups in total. The molecule has 2 amide bonds. The van der Waals surface area contributed by atoms with Gasteiger partial charge in [0.1, 0.15) is 5.75 Å². The van der Waals surface area contributed by atoms with Crippen LogP contribution in [0, 0.1) is 0 Å². The molecular weight excluding hydrogens is 458 g/mol. The lowest BCUT2D eigenvalue weighted by Gasteiger charge is -2.37. The van der Waals surface area contributed by atoms with Crippen molar-refractivity contribution >= 4 is 23.2 Å². The first-order chi connectivity index (χ1) is 17.2. The fourth-order valence-electron chi connectivity index (χ4n) is 4.33. The molecule has 0 bridgehead atoms. The molecule has 0 aliphatic carbocycles. The Hall–Kier alpha value is -3.97. The zero-order valence-electron chi connectivity index (χ0n) is 19.1. The van der Waals surface area contributed by atoms with Crippen LogP contribution in [-0.4, -0.2) is 34.8 Å². The van der Waals surface area contributed by atoms with E-state index in [1.54, 1.807) is 6.20 Å². The Morgan fingerprint density at radius 3 is 2.66 bits per heavy atom. The standard InChI is InChI=1S/C28H25N3O3S/c32-26(30-18-22-9-4-5-14-29-22)19-34-23-12-11-20-13-15-31(28(33)25-10-6-16-35-25)27(24(20)17-23)21-7-2-1-3-8-21/h1-12,14,16-17,27H,13,15,18-19H2,(H,30,32). The van der Waals surface area contributed by atoms with Gasteiger partial charge in [-0.05, 0) is 58.8 Å². The second-order valence-corrected chi connectivity index (χ2v) is 9.23. The quantitative estimate of drug-likeness (QED) is 0.416. The average Bonchev–Trinajstić information content (AvgIpc) is 3.46. The van der Waals surface area contributed by atoms with Crippen molar-refractivity contribution in [2.45, 2.75) is 19.0 Å². The van der Waals surface area contributed by atoms with Crippen molar-refractivity contribution in [3.05, 3.63) is 118 Å². The van der Waals surface area contributed by atoms with Crippen LogP contribution in [-0.2, 0) is 17.8 Å². The SMILES string of the molecule is O=C(COc1ccc2c(c1)C(c1ccccc1)N(C(=O)c1cccs1)CC2)NCc1ccccn1. The van der Waals surface area contributed by atoms with Crippen LogP contribution >= 0.6 is 11.3 Å². The van der Waals surface area contributed by atoms with Crippen LogP contribution in [0.3, 0.4) is 0 Å². The Morgan fingerprint density at radius 2 is 1.89 bits per heavy atom. The van der Waals surface area contributed by atoms with Gasteiger partial charge < -0.3 is 15.0 Å². The van der Waals surface area contributed by atoms with E-state index in [0.717, 1.165) is 28.1 Å². The lowest BCUT2D eigenvalue weighted by molar-refractivity contribution is -0.123. The van der Waals surface area contributed by atoms with Crippen molar-refractivity contribution < 1.29 is 14.3 Å². The van der Waals surface area contributed by atoms with Crippen molar-refractivity contribution in [3.8, 4) is 5.75 Å². The van der Waals surface area contributed by atoms with Crippen LogP contribution in [0.15, 0.2) is 90.4 Å². The number of hydrogen-bond donors (Lipinski definition) is 1. The number of amides is 2. The molecular formula is C28H25N3O3S. The lowest BCUT2D eigenvalue weighted by Crippen LogP contribution is -2.40. The van der Waals surface area contributed by atoms with Gasteiger partial charge in [0.05, 0.1) is 23.2 Å². The Bertz CT molecular complexity index is 1290. The number of nitrogens with one attached hydrogen (secondary N) is 1. The number of aromatic nitrogens is 1. The smallest absolute Gasteiger partial charge is 0.264 e. The van der Waals surface area contributed by atoms with E-state index in [0.29, 0.717) is 18.8 Å². The molecule has 2 aromatic carbocycles. The van der Waals surface area contributed by atoms with Gasteiger partial charge in [-0.3, -0.25) is 14.6 Å². The number of hydrogen-bond acceptors (Lipinski definition) is 5. The van der Waals surface area contributed by atoms with Crippen molar-refractivity contribution in [1.82, 2.24) is 15.2 Å². The highest BCUT2D eigenvalue weighted by Crippen LogP contribution is 2.38. The van der Waals surface area contributed by atoms with Gasteiger partial charge in [0, 0.05) is 12.7 Å². The summed E-state index contributed by atoms with van der Waals surface area (Å²) in [6.07, 6.45) is 2.46. The van der Waals surface area contributed by atoms with Crippen LogP contribution in [0.1, 0.15) is 38.1 Å². The molecule has 5 rings (SSSR count). The topological polar surface area (TPSA) is 71.5 Å². The van der Waals surface area contributed by atoms with E-state index in [1.165, 1.54) is 16.9 Å². The Balaban J connectivity index is 1.35. The maximum Gasteiger partial charge on any atom is 0.264 e. The summed E-state index contributed by atoms with van der Waals surface area (Å²) in [4.78, 5) is 32.6. The number of thiophene rings is 1. The van der Waals surface area contributed by atoms with Crippen molar-refractivity contribution in [2.24, 2.45) is 0 Å². The largest absolute Gasteiger partial charge is 0.484 e. The molecule has 0 saturated carbocycles. The van der Waals surface area contributed by atoms with Gasteiger partial charge in [-0.25, -0.2) is 0 Å². The molecule has 1 aliphatic rings. The van der Waals surface area contributed by atoms with Gasteiger partial charge in [-0.2, -0.15) is 0 Å². The van der Waals surface area contributed by atoms with E-state index in [-0.39, 0.29) is 24.5 Å². The van der Waals surface area contributed by atoms with Crippen LogP contribution in [0.5, 0.6) is 5.75 Å². The third-order valence-electron chi connectivity index (χ3n) is 6.02. The predicted molar refractivity (Wildman–Crippen MR) is 135 cm³/mol. The van der Waals surface area contributed by atoms with E-state index in [4.69, 9.17) is 4.74 Å². The molecule has 0 radical (unpaired) electrons. The summed E-state index contributed by atoms with van der Waals surface area (Å²) in [5, 5.41) is 4.75. The number of rotatable bonds is 7. The molecule has 0 saturated heterocycles. The summed E-state index contributed by atoms with van der Waals surface area (Å²) in [6.45, 7) is 0.891. The van der Waals surface area contributed by atoms with Crippen LogP contribution in [0.25, 0.3) is 0 Å². The molecule has 0 spiro atoms. The third kappa shape index (κ3) is 5.25. The van der Waals surface area contributed by atoms with Crippen LogP contribution < -0.4 is 10.1 Å². The fourth-order valence-corrected chi connectivity index (χ4v) is 5.01. The molecule has 35 heavy (non-hydrogen) atoms. The first-order valence-electron chi connectivity index (χ1n) is 11.5. The van der Waals surface area contributed by atoms with Gasteiger partial charge >= 0.3 is 0 Å². The van der Waals surface area contributed by atoms with Gasteiger partial charge in [0.2, 0.25) is 0 Å². The van der Waals surface area contributed by atoms with E-state index in [1.807, 2.05) is 89.1 Å². The zero-order chi connectivity index (χ0) is 24.0. The van der Waals surface area contributed by atoms with Crippen molar-refractivity contribution in [2.75, 3.05) is 13.2 Å². The molecule has 4 aromatic rings. The predicted octanol–water partition coefficient (Wildman–Crippen LogP) is 4.63. The highest BCUT2D eigenvalue weighted by molar-refractivity contribution is 7.12. The number of carbonyl (C=O) groups is 2. The van der Waals surface area contributed by atoms with E-state index >= 15 is 0 Å². The zero-order valence-corrected chi connectivity index (χ0v) is 19.9. The molecule has 7 heteroatoms. The monoisotopic (exact) mass is 483 g/mol. The minimum atomic E-state index is -0.226. The minimum absolute atomic E-state index is 0.0275. The van der Waals surface area contributed by atoms with E-state index in [9.17, 15) is 9.59 Å². The summed E-state index contributed by atoms with van der Waals surface area (Å²) in [6, 6.07) is 25.1. The minimum Gasteiger partial charge on any atom is -0.484 e. The number of fused-ring (bicyclic) bond motifs is 1. The average molecular weight is 484 g/mol. The Labute approximate surface area is 208 Å². The number of nitrogens with zero attached hydrogens (tertiary/aromatic N) is 2. The second kappa shape index (κ2) is 10.5. The maximum atomic E-state index is 13.4. The van der Waals surface area contributed by atoms with Crippen molar-refractivity contribution in [1.29, 1.82) is 0 Å². The third-order valence-corrected chi connectivity index (χ3v) is 6.87. The first-order valence-corrected chi connectivity index (χ1v) is 12.4. The second-order valence-electron chi connectivity index (χ2n) is 8.29. The number of pyridine rings is 1. The van der Waals surface area contributed by atoms with Gasteiger partial charge in [0.25, 0.3) is 11.8 Å². The number of benzene rings is 2. The first kappa shape index (κ1) is 22.8. The number of ether oxygens (including phenoxy) is 1. The molecule has 1 aliphatic heterocycles. The normalized spacial score (nSPS) is 14.7. The molecule has 176 valence electrons. The highest BCUT2D eigenvalue weighted by Gasteiger charge is 2.33. The molecule has 1 unspecified atom stereocenters. The van der Waals surface area contributed by atoms with Crippen LogP contribution in [0.4, 0.5) is 0 Å². The Kier molecular flexibility index (Phi) is 6.86. The van der Waals surface area contributed by atoms with Gasteiger partial charge in [0.15, 0.2) is 6.61 Å². The van der Waals surface area contributed by atoms with Crippen molar-refractivity contribution in [3.63, 3.8) is 0 Å². The molecule has 6 nitrogen and oxygen atoms in total. The highest BCUT2D eigenvalue weighted by atomic mass is 32.1. The van der Waals surface area contributed by atoms with Gasteiger partial charge in [-0.1, -0.05) is 48.5 Å². The maximum absolute atomic E-state index is 13.4. The summed E-state index contributed by atoms with van der Waals surface area (Å²) >= 11 is 1.46. The van der Waals surface area contributed by atoms with Crippen LogP contribution in [0.2, 0.25) is 0 Å². The molecule has 0 fully saturated rings. The summed E-state index contributed by atoms with van der Waals surface area (Å²) < 4.78 is 5.84. The fraction of sp³-hybridized carbons (Fsp3) is 0.179.